The van der Waals surface area contributed by atoms with E-state index in [2.05, 4.69) is 21.3 Å². The molecule has 1 aromatic carbocycles. The minimum atomic E-state index is -4.73. The second-order valence-corrected chi connectivity index (χ2v) is 27.1. The van der Waals surface area contributed by atoms with E-state index >= 15 is 0 Å². The Morgan fingerprint density at radius 2 is 1.29 bits per heavy atom. The molecule has 498 valence electrons. The van der Waals surface area contributed by atoms with Crippen molar-refractivity contribution in [3.05, 3.63) is 34.3 Å². The fourth-order valence-corrected chi connectivity index (χ4v) is 13.7. The van der Waals surface area contributed by atoms with Crippen LogP contribution in [0.3, 0.4) is 0 Å². The van der Waals surface area contributed by atoms with Crippen LogP contribution in [0.4, 0.5) is 13.2 Å². The highest BCUT2D eigenvalue weighted by Gasteiger charge is 2.50. The van der Waals surface area contributed by atoms with E-state index in [1.165, 1.54) is 77.8 Å². The third-order valence-electron chi connectivity index (χ3n) is 18.7. The van der Waals surface area contributed by atoms with E-state index in [0.29, 0.717) is 37.7 Å². The molecule has 1 aromatic rings. The van der Waals surface area contributed by atoms with E-state index in [1.54, 1.807) is 20.8 Å². The predicted octanol–water partition coefficient (Wildman–Crippen LogP) is 4.32. The van der Waals surface area contributed by atoms with E-state index < -0.39 is 155 Å². The van der Waals surface area contributed by atoms with E-state index in [-0.39, 0.29) is 75.7 Å². The summed E-state index contributed by atoms with van der Waals surface area (Å²) in [5, 5.41) is 23.6. The van der Waals surface area contributed by atoms with Crippen LogP contribution < -0.4 is 21.3 Å². The van der Waals surface area contributed by atoms with Crippen LogP contribution in [0.2, 0.25) is 5.02 Å². The van der Waals surface area contributed by atoms with Gasteiger partial charge in [-0.05, 0) is 112 Å². The summed E-state index contributed by atoms with van der Waals surface area (Å²) in [5.74, 6) is -6.51. The fourth-order valence-electron chi connectivity index (χ4n) is 13.3. The van der Waals surface area contributed by atoms with E-state index in [1.807, 2.05) is 13.8 Å². The number of nitrogens with zero attached hydrogens (tertiary/aromatic N) is 7. The Kier molecular flexibility index (Phi) is 25.3. The van der Waals surface area contributed by atoms with Crippen LogP contribution >= 0.6 is 11.6 Å². The Morgan fingerprint density at radius 3 is 1.89 bits per heavy atom. The molecule has 5 aliphatic rings. The number of nitrogens with one attached hydrogen (secondary N) is 4. The summed E-state index contributed by atoms with van der Waals surface area (Å²) in [6, 6.07) is -4.00. The zero-order valence-electron chi connectivity index (χ0n) is 53.9. The van der Waals surface area contributed by atoms with Crippen LogP contribution in [-0.2, 0) is 60.5 Å². The van der Waals surface area contributed by atoms with Gasteiger partial charge >= 0.3 is 6.18 Å². The molecule has 2 saturated heterocycles. The minimum Gasteiger partial charge on any atom is -0.376 e. The first kappa shape index (κ1) is 72.0. The lowest BCUT2D eigenvalue weighted by atomic mass is 9.84. The third-order valence-corrected chi connectivity index (χ3v) is 19.0. The number of carbonyl (C=O) groups is 10. The summed E-state index contributed by atoms with van der Waals surface area (Å²) < 4.78 is 41.3. The van der Waals surface area contributed by atoms with Crippen LogP contribution in [0.25, 0.3) is 0 Å². The number of carbonyl (C=O) groups excluding carboxylic acids is 10. The van der Waals surface area contributed by atoms with Crippen LogP contribution in [0.1, 0.15) is 155 Å². The first-order valence-corrected chi connectivity index (χ1v) is 32.2. The van der Waals surface area contributed by atoms with Crippen LogP contribution in [0, 0.1) is 23.7 Å². The zero-order valence-corrected chi connectivity index (χ0v) is 54.6. The highest BCUT2D eigenvalue weighted by Crippen LogP contribution is 2.38. The average molecular weight is 1280 g/mol. The molecular formula is C63H97ClF3N11O11. The van der Waals surface area contributed by atoms with Crippen molar-refractivity contribution in [3.8, 4) is 0 Å². The van der Waals surface area contributed by atoms with Crippen molar-refractivity contribution in [2.24, 2.45) is 23.7 Å². The van der Waals surface area contributed by atoms with E-state index in [0.717, 1.165) is 49.1 Å². The molecule has 22 nitrogen and oxygen atoms in total. The van der Waals surface area contributed by atoms with Gasteiger partial charge in [0.05, 0.1) is 42.3 Å². The molecule has 3 aliphatic carbocycles. The summed E-state index contributed by atoms with van der Waals surface area (Å²) >= 11 is 6.12. The van der Waals surface area contributed by atoms with Gasteiger partial charge in [0.25, 0.3) is 0 Å². The number of alkyl halides is 3. The third kappa shape index (κ3) is 18.8. The Hall–Kier alpha value is -6.08. The number of benzene rings is 1. The number of aryl methyl sites for hydroxylation is 1. The molecule has 0 bridgehead atoms. The van der Waals surface area contributed by atoms with E-state index in [9.17, 15) is 66.2 Å². The van der Waals surface area contributed by atoms with Crippen molar-refractivity contribution in [3.63, 3.8) is 0 Å². The molecule has 0 radical (unpaired) electrons. The SMILES string of the molecule is CC(C)C[C@H]1C(=O)N[C@@H](C2CC2)C(=O)N(C)CC(=O)N(C)CC(=O)N(C)[C@@H](CC2CCCCC2)C(=O)N(C)CC(=O)N[C@@H](CCc2ccc(C(F)(F)F)c(Cl)c2)C(O)N2CCC[C@H]2C(=O)NC2(CCCC2)C(=O)N(C)[C@@H](C(C)C)C(=O)N[C@H](C)CC(=O)N1C. The molecule has 89 heavy (non-hydrogen) atoms. The molecule has 0 aromatic heterocycles. The lowest BCUT2D eigenvalue weighted by Crippen LogP contribution is -2.65. The number of hydrogen-bond acceptors (Lipinski definition) is 12. The quantitative estimate of drug-likeness (QED) is 0.232. The van der Waals surface area contributed by atoms with Crippen LogP contribution in [0.15, 0.2) is 18.2 Å². The van der Waals surface area contributed by atoms with Crippen LogP contribution in [-0.4, -0.2) is 221 Å². The average Bonchev–Trinajstić information content (AvgIpc) is 2.66. The molecule has 8 atom stereocenters. The predicted molar refractivity (Wildman–Crippen MR) is 327 cm³/mol. The van der Waals surface area contributed by atoms with Gasteiger partial charge < -0.3 is 55.8 Å². The second kappa shape index (κ2) is 31.3. The maximum Gasteiger partial charge on any atom is 0.417 e. The molecule has 6 rings (SSSR count). The number of rotatable bonds is 9. The molecule has 2 heterocycles. The van der Waals surface area contributed by atoms with Crippen molar-refractivity contribution in [2.45, 2.75) is 210 Å². The van der Waals surface area contributed by atoms with Gasteiger partial charge in [-0.25, -0.2) is 0 Å². The maximum absolute atomic E-state index is 15.0. The van der Waals surface area contributed by atoms with Crippen molar-refractivity contribution >= 4 is 70.7 Å². The highest BCUT2D eigenvalue weighted by molar-refractivity contribution is 6.31. The Balaban J connectivity index is 1.34. The number of aliphatic hydroxyl groups is 1. The number of hydrogen-bond donors (Lipinski definition) is 5. The molecular weight excluding hydrogens is 1180 g/mol. The first-order valence-electron chi connectivity index (χ1n) is 31.8. The van der Waals surface area contributed by atoms with Gasteiger partial charge in [-0.3, -0.25) is 52.8 Å². The number of likely N-dealkylation sites (N-methyl/N-ethyl adjacent to an activating group) is 6. The van der Waals surface area contributed by atoms with Gasteiger partial charge in [0.2, 0.25) is 59.1 Å². The van der Waals surface area contributed by atoms with Crippen molar-refractivity contribution in [1.29, 1.82) is 0 Å². The number of halogens is 4. The van der Waals surface area contributed by atoms with Crippen molar-refractivity contribution in [1.82, 2.24) is 55.6 Å². The molecule has 26 heteroatoms. The topological polar surface area (TPSA) is 262 Å². The Labute approximate surface area is 527 Å². The molecule has 5 fully saturated rings. The van der Waals surface area contributed by atoms with Gasteiger partial charge in [-0.2, -0.15) is 13.2 Å². The lowest BCUT2D eigenvalue weighted by Gasteiger charge is -2.40. The summed E-state index contributed by atoms with van der Waals surface area (Å²) in [6.45, 7) is 7.60. The van der Waals surface area contributed by atoms with Gasteiger partial charge in [-0.15, -0.1) is 0 Å². The minimum absolute atomic E-state index is 0.00209. The maximum atomic E-state index is 15.0. The first-order chi connectivity index (χ1) is 41.7. The molecule has 3 saturated carbocycles. The summed E-state index contributed by atoms with van der Waals surface area (Å²) in [6.07, 6.45) is 1.80. The Bertz CT molecular complexity index is 2720. The number of aliphatic hydroxyl groups excluding tert-OH is 1. The highest BCUT2D eigenvalue weighted by atomic mass is 35.5. The van der Waals surface area contributed by atoms with Gasteiger partial charge in [0, 0.05) is 61.3 Å². The van der Waals surface area contributed by atoms with Crippen molar-refractivity contribution in [2.75, 3.05) is 68.5 Å². The Morgan fingerprint density at radius 1 is 0.674 bits per heavy atom. The fraction of sp³-hybridized carbons (Fsp3) is 0.746. The molecule has 1 spiro atoms. The molecule has 2 aliphatic heterocycles. The van der Waals surface area contributed by atoms with E-state index in [4.69, 9.17) is 11.6 Å². The van der Waals surface area contributed by atoms with Gasteiger partial charge in [0.1, 0.15) is 35.9 Å². The standard InChI is InChI=1S/C63H97ClF3N11O11/c1-37(2)30-47-55(83)70-53(42-23-24-42)60(88)74(8)35-51(81)72(6)36-52(82)76(10)48(33-40-18-13-12-14-19-40)59(87)73(7)34-49(79)69-45(26-22-41-21-25-43(44(64)32-41)63(65,66)67)58(86)78-29-17-20-46(78)56(84)71-62(27-15-16-28-62)61(89)77(11)54(38(3)4)57(85)68-39(5)31-50(80)75(47)9/h21,25,32,37-40,42,45-48,53-54,58,86H,12-20,22-24,26-31,33-36H2,1-11H3,(H,68,85)(H,69,79)(H,70,83)(H,71,84)/t39-,45+,46+,47+,48+,53+,54+,58?/m1/s1. The van der Waals surface area contributed by atoms with Gasteiger partial charge in [0.15, 0.2) is 0 Å². The van der Waals surface area contributed by atoms with Gasteiger partial charge in [-0.1, -0.05) is 90.3 Å². The van der Waals surface area contributed by atoms with Crippen LogP contribution in [0.5, 0.6) is 0 Å². The summed E-state index contributed by atoms with van der Waals surface area (Å²) in [7, 11) is 8.65. The normalized spacial score (nSPS) is 28.0. The molecule has 5 N–H and O–H groups in total. The molecule has 1 unspecified atom stereocenters. The summed E-state index contributed by atoms with van der Waals surface area (Å²) in [5.41, 5.74) is -2.15. The zero-order chi connectivity index (χ0) is 66.0. The summed E-state index contributed by atoms with van der Waals surface area (Å²) in [4.78, 5) is 153. The largest absolute Gasteiger partial charge is 0.417 e. The second-order valence-electron chi connectivity index (χ2n) is 26.7. The monoisotopic (exact) mass is 1280 g/mol. The molecule has 10 amide bonds. The smallest absolute Gasteiger partial charge is 0.376 e. The van der Waals surface area contributed by atoms with Crippen molar-refractivity contribution < 1.29 is 66.2 Å². The number of fused-ring (bicyclic) bond motifs is 1. The lowest BCUT2D eigenvalue weighted by molar-refractivity contribution is -0.149. The number of amides is 10.